The quantitative estimate of drug-likeness (QED) is 0.731. The second kappa shape index (κ2) is 4.98. The number of halogens is 3. The van der Waals surface area contributed by atoms with Crippen molar-refractivity contribution in [2.75, 3.05) is 13.2 Å². The van der Waals surface area contributed by atoms with Gasteiger partial charge in [0.1, 0.15) is 0 Å². The second-order valence-electron chi connectivity index (χ2n) is 4.29. The van der Waals surface area contributed by atoms with E-state index in [0.29, 0.717) is 6.42 Å². The first kappa shape index (κ1) is 13.7. The van der Waals surface area contributed by atoms with Gasteiger partial charge in [0.15, 0.2) is 0 Å². The molecule has 0 amide bonds. The van der Waals surface area contributed by atoms with E-state index in [1.165, 1.54) is 0 Å². The average molecular weight is 213 g/mol. The van der Waals surface area contributed by atoms with Gasteiger partial charge in [-0.1, -0.05) is 13.8 Å². The minimum absolute atomic E-state index is 0.243. The maximum absolute atomic E-state index is 11.9. The Morgan fingerprint density at radius 1 is 1.29 bits per heavy atom. The first-order valence-corrected chi connectivity index (χ1v) is 4.61. The maximum Gasteiger partial charge on any atom is 0.401 e. The molecule has 0 fully saturated rings. The standard InChI is InChI=1S/C9H18F3NO/c1-7(2)4-8(3,6-14)13-5-9(10,11)12/h7,13-14H,4-6H2,1-3H3. The van der Waals surface area contributed by atoms with E-state index in [0.717, 1.165) is 0 Å². The molecule has 0 aromatic heterocycles. The van der Waals surface area contributed by atoms with Crippen LogP contribution in [0.1, 0.15) is 27.2 Å². The zero-order valence-electron chi connectivity index (χ0n) is 8.78. The van der Waals surface area contributed by atoms with Gasteiger partial charge in [-0.25, -0.2) is 0 Å². The Morgan fingerprint density at radius 2 is 1.79 bits per heavy atom. The van der Waals surface area contributed by atoms with Crippen molar-refractivity contribution in [1.29, 1.82) is 0 Å². The van der Waals surface area contributed by atoms with E-state index < -0.39 is 18.3 Å². The zero-order chi connectivity index (χ0) is 11.4. The van der Waals surface area contributed by atoms with E-state index in [1.54, 1.807) is 6.92 Å². The third-order valence-corrected chi connectivity index (χ3v) is 1.92. The summed E-state index contributed by atoms with van der Waals surface area (Å²) in [4.78, 5) is 0. The van der Waals surface area contributed by atoms with Gasteiger partial charge in [0.05, 0.1) is 13.2 Å². The van der Waals surface area contributed by atoms with Crippen LogP contribution in [0, 0.1) is 5.92 Å². The number of aliphatic hydroxyl groups is 1. The molecule has 5 heteroatoms. The monoisotopic (exact) mass is 213 g/mol. The highest BCUT2D eigenvalue weighted by atomic mass is 19.4. The predicted molar refractivity (Wildman–Crippen MR) is 49.0 cm³/mol. The largest absolute Gasteiger partial charge is 0.401 e. The van der Waals surface area contributed by atoms with E-state index >= 15 is 0 Å². The summed E-state index contributed by atoms with van der Waals surface area (Å²) in [6.07, 6.45) is -3.72. The minimum atomic E-state index is -4.23. The van der Waals surface area contributed by atoms with E-state index in [9.17, 15) is 13.2 Å². The Kier molecular flexibility index (Phi) is 4.88. The lowest BCUT2D eigenvalue weighted by molar-refractivity contribution is -0.130. The van der Waals surface area contributed by atoms with Crippen LogP contribution in [0.3, 0.4) is 0 Å². The molecule has 0 aliphatic heterocycles. The molecule has 1 unspecified atom stereocenters. The van der Waals surface area contributed by atoms with E-state index in [1.807, 2.05) is 13.8 Å². The fourth-order valence-electron chi connectivity index (χ4n) is 1.41. The van der Waals surface area contributed by atoms with Crippen molar-refractivity contribution in [2.45, 2.75) is 38.9 Å². The van der Waals surface area contributed by atoms with Crippen LogP contribution >= 0.6 is 0 Å². The van der Waals surface area contributed by atoms with Gasteiger partial charge >= 0.3 is 6.18 Å². The van der Waals surface area contributed by atoms with Crippen molar-refractivity contribution < 1.29 is 18.3 Å². The predicted octanol–water partition coefficient (Wildman–Crippen LogP) is 1.94. The summed E-state index contributed by atoms with van der Waals surface area (Å²) in [6.45, 7) is 4.06. The molecule has 0 saturated heterocycles. The summed E-state index contributed by atoms with van der Waals surface area (Å²) in [5.74, 6) is 0.243. The fraction of sp³-hybridized carbons (Fsp3) is 1.00. The first-order chi connectivity index (χ1) is 6.18. The number of aliphatic hydroxyl groups excluding tert-OH is 1. The van der Waals surface area contributed by atoms with Crippen LogP contribution in [-0.4, -0.2) is 30.0 Å². The van der Waals surface area contributed by atoms with Crippen molar-refractivity contribution in [3.63, 3.8) is 0 Å². The summed E-state index contributed by atoms with van der Waals surface area (Å²) >= 11 is 0. The van der Waals surface area contributed by atoms with Gasteiger partial charge < -0.3 is 10.4 Å². The zero-order valence-corrected chi connectivity index (χ0v) is 8.78. The molecule has 0 aromatic rings. The average Bonchev–Trinajstić information content (AvgIpc) is 1.99. The molecule has 2 N–H and O–H groups in total. The van der Waals surface area contributed by atoms with Crippen LogP contribution in [0.4, 0.5) is 13.2 Å². The third-order valence-electron chi connectivity index (χ3n) is 1.92. The molecule has 0 saturated carbocycles. The van der Waals surface area contributed by atoms with E-state index in [-0.39, 0.29) is 12.5 Å². The first-order valence-electron chi connectivity index (χ1n) is 4.61. The van der Waals surface area contributed by atoms with Crippen molar-refractivity contribution in [2.24, 2.45) is 5.92 Å². The van der Waals surface area contributed by atoms with Crippen molar-refractivity contribution in [3.8, 4) is 0 Å². The third kappa shape index (κ3) is 6.21. The summed E-state index contributed by atoms with van der Waals surface area (Å²) in [5.41, 5.74) is -0.844. The molecular weight excluding hydrogens is 195 g/mol. The van der Waals surface area contributed by atoms with Crippen molar-refractivity contribution in [3.05, 3.63) is 0 Å². The highest BCUT2D eigenvalue weighted by molar-refractivity contribution is 4.84. The van der Waals surface area contributed by atoms with Gasteiger partial charge in [0, 0.05) is 5.54 Å². The Hall–Kier alpha value is -0.290. The fourth-order valence-corrected chi connectivity index (χ4v) is 1.41. The Bertz CT molecular complexity index is 170. The molecule has 2 nitrogen and oxygen atoms in total. The van der Waals surface area contributed by atoms with Crippen LogP contribution in [0.25, 0.3) is 0 Å². The molecule has 0 aliphatic carbocycles. The van der Waals surface area contributed by atoms with Crippen LogP contribution in [0.5, 0.6) is 0 Å². The maximum atomic E-state index is 11.9. The Balaban J connectivity index is 4.12. The van der Waals surface area contributed by atoms with Crippen LogP contribution in [0.2, 0.25) is 0 Å². The minimum Gasteiger partial charge on any atom is -0.394 e. The van der Waals surface area contributed by atoms with Gasteiger partial charge in [-0.05, 0) is 19.3 Å². The van der Waals surface area contributed by atoms with Gasteiger partial charge in [0.25, 0.3) is 0 Å². The summed E-state index contributed by atoms with van der Waals surface area (Å²) in [5, 5.41) is 11.3. The lowest BCUT2D eigenvalue weighted by Crippen LogP contribution is -2.50. The number of rotatable bonds is 5. The van der Waals surface area contributed by atoms with E-state index in [4.69, 9.17) is 5.11 Å². The summed E-state index contributed by atoms with van der Waals surface area (Å²) in [6, 6.07) is 0. The molecule has 0 bridgehead atoms. The molecule has 1 atom stereocenters. The molecule has 0 aliphatic rings. The highest BCUT2D eigenvalue weighted by Crippen LogP contribution is 2.19. The number of alkyl halides is 3. The molecule has 0 radical (unpaired) electrons. The number of nitrogens with one attached hydrogen (secondary N) is 1. The van der Waals surface area contributed by atoms with E-state index in [2.05, 4.69) is 5.32 Å². The SMILES string of the molecule is CC(C)CC(C)(CO)NCC(F)(F)F. The molecule has 0 spiro atoms. The summed E-state index contributed by atoms with van der Waals surface area (Å²) in [7, 11) is 0. The molecule has 0 heterocycles. The summed E-state index contributed by atoms with van der Waals surface area (Å²) < 4.78 is 35.7. The number of hydrogen-bond acceptors (Lipinski definition) is 2. The molecule has 14 heavy (non-hydrogen) atoms. The van der Waals surface area contributed by atoms with Crippen LogP contribution in [0.15, 0.2) is 0 Å². The Labute approximate surface area is 82.5 Å². The number of hydrogen-bond donors (Lipinski definition) is 2. The Morgan fingerprint density at radius 3 is 2.07 bits per heavy atom. The van der Waals surface area contributed by atoms with Crippen molar-refractivity contribution >= 4 is 0 Å². The van der Waals surface area contributed by atoms with Crippen LogP contribution in [-0.2, 0) is 0 Å². The van der Waals surface area contributed by atoms with Gasteiger partial charge in [-0.15, -0.1) is 0 Å². The van der Waals surface area contributed by atoms with Crippen LogP contribution < -0.4 is 5.32 Å². The second-order valence-corrected chi connectivity index (χ2v) is 4.29. The molecule has 0 rings (SSSR count). The lowest BCUT2D eigenvalue weighted by atomic mass is 9.91. The normalized spacial score (nSPS) is 17.1. The molecule has 0 aromatic carbocycles. The smallest absolute Gasteiger partial charge is 0.394 e. The van der Waals surface area contributed by atoms with Gasteiger partial charge in [-0.3, -0.25) is 0 Å². The van der Waals surface area contributed by atoms with Gasteiger partial charge in [0.2, 0.25) is 0 Å². The van der Waals surface area contributed by atoms with Gasteiger partial charge in [-0.2, -0.15) is 13.2 Å². The molecular formula is C9H18F3NO. The highest BCUT2D eigenvalue weighted by Gasteiger charge is 2.32. The lowest BCUT2D eigenvalue weighted by Gasteiger charge is -2.31. The molecule has 86 valence electrons. The van der Waals surface area contributed by atoms with Crippen molar-refractivity contribution in [1.82, 2.24) is 5.32 Å². The topological polar surface area (TPSA) is 32.3 Å².